The molecule has 0 spiro atoms. The summed E-state index contributed by atoms with van der Waals surface area (Å²) >= 11 is 0. The van der Waals surface area contributed by atoms with E-state index in [0.717, 1.165) is 57.6 Å². The maximum absolute atomic E-state index is 6.06. The van der Waals surface area contributed by atoms with Crippen LogP contribution in [0.3, 0.4) is 0 Å². The minimum absolute atomic E-state index is 0.597. The standard InChI is InChI=1S/C25H20N2O2/c1-3-4-9-17-16(2)18(24-26-20-10-5-7-12-22(20)28-24)14-15-19(17)25-27-21-11-6-8-13-23(21)29-25/h3-4,7,9-11,13-15H,1,5-6,8H2,2H3/b9-4-. The number of nitrogens with zero attached hydrogens (tertiary/aromatic N) is 2. The van der Waals surface area contributed by atoms with Crippen molar-refractivity contribution in [3.63, 3.8) is 0 Å². The largest absolute Gasteiger partial charge is 0.436 e. The van der Waals surface area contributed by atoms with Crippen LogP contribution in [0.2, 0.25) is 0 Å². The van der Waals surface area contributed by atoms with Crippen LogP contribution >= 0.6 is 0 Å². The van der Waals surface area contributed by atoms with E-state index in [1.54, 1.807) is 6.08 Å². The third-order valence-electron chi connectivity index (χ3n) is 5.21. The van der Waals surface area contributed by atoms with Crippen LogP contribution in [0.5, 0.6) is 0 Å². The molecule has 2 aromatic heterocycles. The molecule has 4 heteroatoms. The Bertz CT molecular complexity index is 1410. The lowest BCUT2D eigenvalue weighted by Crippen LogP contribution is -2.23. The minimum Gasteiger partial charge on any atom is -0.436 e. The van der Waals surface area contributed by atoms with E-state index in [9.17, 15) is 0 Å². The highest BCUT2D eigenvalue weighted by Crippen LogP contribution is 2.32. The average Bonchev–Trinajstić information content (AvgIpc) is 3.36. The number of rotatable bonds is 4. The lowest BCUT2D eigenvalue weighted by molar-refractivity contribution is 0.536. The van der Waals surface area contributed by atoms with E-state index in [1.165, 1.54) is 0 Å². The fourth-order valence-corrected chi connectivity index (χ4v) is 3.72. The number of hydrogen-bond acceptors (Lipinski definition) is 4. The predicted octanol–water partition coefficient (Wildman–Crippen LogP) is 2.98. The van der Waals surface area contributed by atoms with Crippen molar-refractivity contribution in [1.29, 1.82) is 0 Å². The van der Waals surface area contributed by atoms with Crippen LogP contribution < -0.4 is 21.5 Å². The minimum atomic E-state index is 0.597. The van der Waals surface area contributed by atoms with Gasteiger partial charge in [0.15, 0.2) is 10.8 Å². The zero-order valence-corrected chi connectivity index (χ0v) is 16.2. The van der Waals surface area contributed by atoms with Gasteiger partial charge in [-0.15, -0.1) is 0 Å². The first kappa shape index (κ1) is 17.5. The molecule has 0 atom stereocenters. The number of hydrogen-bond donors (Lipinski definition) is 0. The summed E-state index contributed by atoms with van der Waals surface area (Å²) < 4.78 is 12.0. The van der Waals surface area contributed by atoms with Crippen molar-refractivity contribution in [2.75, 3.05) is 0 Å². The van der Waals surface area contributed by atoms with Gasteiger partial charge in [-0.05, 0) is 67.7 Å². The zero-order valence-electron chi connectivity index (χ0n) is 16.2. The number of benzene rings is 1. The molecule has 0 bridgehead atoms. The van der Waals surface area contributed by atoms with E-state index in [0.29, 0.717) is 17.2 Å². The number of fused-ring (bicyclic) bond motifs is 2. The number of allylic oxidation sites excluding steroid dienone is 3. The van der Waals surface area contributed by atoms with Crippen LogP contribution in [0.1, 0.15) is 30.4 Å². The highest BCUT2D eigenvalue weighted by atomic mass is 16.3. The SMILES string of the molecule is C=C/C=C\c1c(-c2nc3c(o2)=CCCC=3)ccc(-c2nc3c(o2)=C=CCC=3)c1C. The molecule has 142 valence electrons. The molecule has 0 fully saturated rings. The van der Waals surface area contributed by atoms with Gasteiger partial charge in [-0.25, -0.2) is 9.97 Å². The second kappa shape index (κ2) is 7.08. The first-order valence-electron chi connectivity index (χ1n) is 9.77. The van der Waals surface area contributed by atoms with Gasteiger partial charge in [-0.1, -0.05) is 36.6 Å². The molecule has 0 amide bonds. The Hall–Kier alpha value is -3.62. The van der Waals surface area contributed by atoms with Gasteiger partial charge in [-0.3, -0.25) is 0 Å². The van der Waals surface area contributed by atoms with Gasteiger partial charge in [-0.2, -0.15) is 0 Å². The molecule has 4 nitrogen and oxygen atoms in total. The second-order valence-electron chi connectivity index (χ2n) is 7.07. The van der Waals surface area contributed by atoms with E-state index in [2.05, 4.69) is 36.4 Å². The third kappa shape index (κ3) is 3.04. The van der Waals surface area contributed by atoms with Crippen LogP contribution in [0, 0.1) is 6.92 Å². The van der Waals surface area contributed by atoms with Crippen LogP contribution in [0.4, 0.5) is 0 Å². The maximum Gasteiger partial charge on any atom is 0.228 e. The summed E-state index contributed by atoms with van der Waals surface area (Å²) in [6.07, 6.45) is 16.7. The molecular formula is C25H20N2O2. The summed E-state index contributed by atoms with van der Waals surface area (Å²) in [7, 11) is 0. The summed E-state index contributed by atoms with van der Waals surface area (Å²) in [5.74, 6) is 1.22. The van der Waals surface area contributed by atoms with Gasteiger partial charge in [0.1, 0.15) is 10.7 Å². The van der Waals surface area contributed by atoms with Crippen molar-refractivity contribution in [1.82, 2.24) is 9.97 Å². The molecule has 0 aliphatic heterocycles. The molecular weight excluding hydrogens is 360 g/mol. The highest BCUT2D eigenvalue weighted by Gasteiger charge is 2.18. The first-order chi connectivity index (χ1) is 14.2. The fourth-order valence-electron chi connectivity index (χ4n) is 3.72. The Morgan fingerprint density at radius 1 is 1.00 bits per heavy atom. The third-order valence-corrected chi connectivity index (χ3v) is 5.21. The Balaban J connectivity index is 1.72. The van der Waals surface area contributed by atoms with Crippen molar-refractivity contribution in [2.45, 2.75) is 26.2 Å². The van der Waals surface area contributed by atoms with Crippen molar-refractivity contribution in [3.05, 3.63) is 69.6 Å². The van der Waals surface area contributed by atoms with Gasteiger partial charge in [0.05, 0.1) is 0 Å². The van der Waals surface area contributed by atoms with Crippen molar-refractivity contribution in [3.8, 4) is 22.9 Å². The van der Waals surface area contributed by atoms with E-state index >= 15 is 0 Å². The quantitative estimate of drug-likeness (QED) is 0.653. The molecule has 2 heterocycles. The lowest BCUT2D eigenvalue weighted by Gasteiger charge is -2.10. The van der Waals surface area contributed by atoms with Gasteiger partial charge >= 0.3 is 0 Å². The molecule has 0 unspecified atom stereocenters. The summed E-state index contributed by atoms with van der Waals surface area (Å²) in [4.78, 5) is 9.38. The molecule has 5 rings (SSSR count). The monoisotopic (exact) mass is 380 g/mol. The molecule has 0 radical (unpaired) electrons. The summed E-state index contributed by atoms with van der Waals surface area (Å²) in [5, 5.41) is 1.77. The van der Waals surface area contributed by atoms with Crippen LogP contribution in [0.25, 0.3) is 52.9 Å². The van der Waals surface area contributed by atoms with Crippen molar-refractivity contribution >= 4 is 30.0 Å². The molecule has 0 saturated heterocycles. The van der Waals surface area contributed by atoms with Gasteiger partial charge in [0.25, 0.3) is 0 Å². The van der Waals surface area contributed by atoms with Gasteiger partial charge in [0.2, 0.25) is 11.8 Å². The van der Waals surface area contributed by atoms with E-state index in [1.807, 2.05) is 36.4 Å². The zero-order chi connectivity index (χ0) is 19.8. The topological polar surface area (TPSA) is 52.1 Å². The van der Waals surface area contributed by atoms with Crippen molar-refractivity contribution in [2.24, 2.45) is 0 Å². The Labute approximate surface area is 167 Å². The molecule has 2 aliphatic carbocycles. The van der Waals surface area contributed by atoms with Gasteiger partial charge in [0, 0.05) is 11.1 Å². The average molecular weight is 380 g/mol. The lowest BCUT2D eigenvalue weighted by atomic mass is 9.96. The van der Waals surface area contributed by atoms with E-state index in [-0.39, 0.29) is 0 Å². The van der Waals surface area contributed by atoms with Crippen LogP contribution in [0.15, 0.2) is 45.8 Å². The Morgan fingerprint density at radius 3 is 2.62 bits per heavy atom. The van der Waals surface area contributed by atoms with E-state index < -0.39 is 0 Å². The van der Waals surface area contributed by atoms with Gasteiger partial charge < -0.3 is 8.83 Å². The summed E-state index contributed by atoms with van der Waals surface area (Å²) in [5.41, 5.74) is 8.62. The fraction of sp³-hybridized carbons (Fsp3) is 0.160. The predicted molar refractivity (Wildman–Crippen MR) is 115 cm³/mol. The normalized spacial score (nSPS) is 14.4. The van der Waals surface area contributed by atoms with Crippen LogP contribution in [-0.2, 0) is 0 Å². The molecule has 0 saturated carbocycles. The maximum atomic E-state index is 6.06. The second-order valence-corrected chi connectivity index (χ2v) is 7.07. The molecule has 1 aromatic carbocycles. The Morgan fingerprint density at radius 2 is 1.79 bits per heavy atom. The molecule has 0 N–H and O–H groups in total. The van der Waals surface area contributed by atoms with Crippen LogP contribution in [-0.4, -0.2) is 9.97 Å². The molecule has 2 aliphatic rings. The number of aromatic nitrogens is 2. The first-order valence-corrected chi connectivity index (χ1v) is 9.77. The molecule has 29 heavy (non-hydrogen) atoms. The van der Waals surface area contributed by atoms with Crippen molar-refractivity contribution < 1.29 is 8.83 Å². The highest BCUT2D eigenvalue weighted by molar-refractivity contribution is 5.79. The Kier molecular flexibility index (Phi) is 4.27. The summed E-state index contributed by atoms with van der Waals surface area (Å²) in [6.45, 7) is 5.87. The molecule has 3 aromatic rings. The smallest absolute Gasteiger partial charge is 0.228 e. The summed E-state index contributed by atoms with van der Waals surface area (Å²) in [6, 6.07) is 4.04. The van der Waals surface area contributed by atoms with E-state index in [4.69, 9.17) is 13.8 Å². The number of oxazole rings is 2.